The van der Waals surface area contributed by atoms with Crippen LogP contribution in [0.1, 0.15) is 25.2 Å². The number of aromatic amines is 1. The van der Waals surface area contributed by atoms with Crippen molar-refractivity contribution in [3.8, 4) is 11.1 Å². The summed E-state index contributed by atoms with van der Waals surface area (Å²) in [6.45, 7) is 3.65. The molecular weight excluding hydrogens is 524 g/mol. The molecule has 9 nitrogen and oxygen atoms in total. The van der Waals surface area contributed by atoms with Crippen LogP contribution in [-0.2, 0) is 22.6 Å². The molecule has 0 amide bonds. The van der Waals surface area contributed by atoms with Gasteiger partial charge in [0.05, 0.1) is 28.3 Å². The van der Waals surface area contributed by atoms with E-state index >= 15 is 0 Å². The van der Waals surface area contributed by atoms with Gasteiger partial charge in [-0.05, 0) is 67.9 Å². The Bertz CT molecular complexity index is 1990. The van der Waals surface area contributed by atoms with Crippen LogP contribution >= 0.6 is 0 Å². The Balaban J connectivity index is 1.69. The van der Waals surface area contributed by atoms with Gasteiger partial charge in [0.1, 0.15) is 11.1 Å². The molecule has 5 heterocycles. The highest BCUT2D eigenvalue weighted by molar-refractivity contribution is 7.92. The first-order valence-electron chi connectivity index (χ1n) is 12.9. The van der Waals surface area contributed by atoms with Gasteiger partial charge in [-0.3, -0.25) is 19.5 Å². The number of benzene rings is 1. The normalized spacial score (nSPS) is 12.3. The lowest BCUT2D eigenvalue weighted by Gasteiger charge is -2.32. The summed E-state index contributed by atoms with van der Waals surface area (Å²) in [7, 11) is -1.76. The summed E-state index contributed by atoms with van der Waals surface area (Å²) in [6.07, 6.45) is 8.96. The first-order valence-corrected chi connectivity index (χ1v) is 14.5. The standard InChI is InChI=1S/C30H28N6O3S/c1-4-40(38,39)34-24-17-20(23-19-35(3)28-21(23)11-15-33-29(28)37)18-25-22(24)12-16-36(25)30(2,26-9-5-7-13-31-26)27-10-6-8-14-32-27/h5-19,34H,4H2,1-3H3,(H,33,37). The molecule has 0 fully saturated rings. The van der Waals surface area contributed by atoms with Gasteiger partial charge in [0, 0.05) is 54.4 Å². The van der Waals surface area contributed by atoms with E-state index in [0.29, 0.717) is 11.2 Å². The van der Waals surface area contributed by atoms with Crippen molar-refractivity contribution in [2.45, 2.75) is 19.4 Å². The predicted molar refractivity (Wildman–Crippen MR) is 158 cm³/mol. The second kappa shape index (κ2) is 9.49. The number of aromatic nitrogens is 5. The maximum Gasteiger partial charge on any atom is 0.272 e. The topological polar surface area (TPSA) is 115 Å². The highest BCUT2D eigenvalue weighted by atomic mass is 32.2. The fourth-order valence-electron chi connectivity index (χ4n) is 5.39. The Morgan fingerprint density at radius 1 is 0.975 bits per heavy atom. The monoisotopic (exact) mass is 552 g/mol. The molecule has 0 radical (unpaired) electrons. The van der Waals surface area contributed by atoms with Crippen LogP contribution in [0.4, 0.5) is 5.69 Å². The first-order chi connectivity index (χ1) is 19.2. The van der Waals surface area contributed by atoms with E-state index in [-0.39, 0.29) is 11.3 Å². The molecule has 6 aromatic rings. The molecule has 0 aliphatic heterocycles. The highest BCUT2D eigenvalue weighted by Gasteiger charge is 2.35. The fraction of sp³-hybridized carbons (Fsp3) is 0.167. The van der Waals surface area contributed by atoms with Crippen molar-refractivity contribution in [3.63, 3.8) is 0 Å². The number of fused-ring (bicyclic) bond motifs is 2. The molecule has 0 saturated heterocycles. The number of aryl methyl sites for hydroxylation is 1. The third-order valence-electron chi connectivity index (χ3n) is 7.47. The molecule has 0 aliphatic rings. The fourth-order valence-corrected chi connectivity index (χ4v) is 6.03. The summed E-state index contributed by atoms with van der Waals surface area (Å²) in [5, 5.41) is 1.50. The second-order valence-electron chi connectivity index (χ2n) is 9.87. The van der Waals surface area contributed by atoms with Crippen molar-refractivity contribution < 1.29 is 8.42 Å². The zero-order valence-corrected chi connectivity index (χ0v) is 23.1. The maximum atomic E-state index is 12.8. The minimum Gasteiger partial charge on any atom is -0.345 e. The molecule has 0 aliphatic carbocycles. The van der Waals surface area contributed by atoms with E-state index in [1.807, 2.05) is 80.1 Å². The van der Waals surface area contributed by atoms with E-state index in [4.69, 9.17) is 9.97 Å². The zero-order valence-electron chi connectivity index (χ0n) is 22.3. The molecule has 40 heavy (non-hydrogen) atoms. The van der Waals surface area contributed by atoms with E-state index in [9.17, 15) is 13.2 Å². The van der Waals surface area contributed by atoms with Crippen LogP contribution < -0.4 is 10.3 Å². The molecule has 5 aromatic heterocycles. The number of sulfonamides is 1. The summed E-state index contributed by atoms with van der Waals surface area (Å²) in [4.78, 5) is 24.8. The molecule has 0 atom stereocenters. The summed E-state index contributed by atoms with van der Waals surface area (Å²) in [6, 6.07) is 19.2. The molecule has 202 valence electrons. The van der Waals surface area contributed by atoms with Gasteiger partial charge < -0.3 is 14.1 Å². The number of pyridine rings is 3. The van der Waals surface area contributed by atoms with E-state index in [1.165, 1.54) is 0 Å². The molecular formula is C30H28N6O3S. The Hall–Kier alpha value is -4.70. The summed E-state index contributed by atoms with van der Waals surface area (Å²) < 4.78 is 32.2. The Labute approximate surface area is 231 Å². The molecule has 6 rings (SSSR count). The van der Waals surface area contributed by atoms with Crippen molar-refractivity contribution in [2.24, 2.45) is 7.05 Å². The summed E-state index contributed by atoms with van der Waals surface area (Å²) >= 11 is 0. The number of hydrogen-bond acceptors (Lipinski definition) is 5. The third-order valence-corrected chi connectivity index (χ3v) is 8.76. The van der Waals surface area contributed by atoms with Crippen LogP contribution in [0.15, 0.2) is 96.4 Å². The third kappa shape index (κ3) is 4.08. The molecule has 2 N–H and O–H groups in total. The molecule has 0 unspecified atom stereocenters. The van der Waals surface area contributed by atoms with Gasteiger partial charge in [-0.25, -0.2) is 8.42 Å². The summed E-state index contributed by atoms with van der Waals surface area (Å²) in [5.41, 5.74) is 3.91. The average Bonchev–Trinajstić information content (AvgIpc) is 3.56. The van der Waals surface area contributed by atoms with Crippen LogP contribution in [0.25, 0.3) is 32.9 Å². The van der Waals surface area contributed by atoms with Gasteiger partial charge in [0.25, 0.3) is 5.56 Å². The van der Waals surface area contributed by atoms with E-state index < -0.39 is 15.6 Å². The quantitative estimate of drug-likeness (QED) is 0.294. The van der Waals surface area contributed by atoms with E-state index in [1.54, 1.807) is 30.1 Å². The number of nitrogens with one attached hydrogen (secondary N) is 2. The van der Waals surface area contributed by atoms with Gasteiger partial charge in [-0.1, -0.05) is 12.1 Å². The van der Waals surface area contributed by atoms with Gasteiger partial charge in [0.15, 0.2) is 0 Å². The molecule has 1 aromatic carbocycles. The molecule has 10 heteroatoms. The molecule has 0 bridgehead atoms. The van der Waals surface area contributed by atoms with Crippen LogP contribution in [-0.4, -0.2) is 38.3 Å². The van der Waals surface area contributed by atoms with Crippen LogP contribution in [0.5, 0.6) is 0 Å². The zero-order chi connectivity index (χ0) is 28.1. The Morgan fingerprint density at radius 2 is 1.68 bits per heavy atom. The van der Waals surface area contributed by atoms with Crippen molar-refractivity contribution in [1.82, 2.24) is 24.1 Å². The SMILES string of the molecule is CCS(=O)(=O)Nc1cc(-c2cn(C)c3c(=O)[nH]ccc23)cc2c1ccn2C(C)(c1ccccn1)c1ccccn1. The Kier molecular flexibility index (Phi) is 6.07. The smallest absolute Gasteiger partial charge is 0.272 e. The van der Waals surface area contributed by atoms with Crippen molar-refractivity contribution in [3.05, 3.63) is 113 Å². The van der Waals surface area contributed by atoms with Crippen LogP contribution in [0.2, 0.25) is 0 Å². The minimum absolute atomic E-state index is 0.0668. The first kappa shape index (κ1) is 25.6. The lowest BCUT2D eigenvalue weighted by atomic mass is 9.91. The predicted octanol–water partition coefficient (Wildman–Crippen LogP) is 4.85. The number of anilines is 1. The van der Waals surface area contributed by atoms with Crippen molar-refractivity contribution in [1.29, 1.82) is 0 Å². The van der Waals surface area contributed by atoms with Crippen LogP contribution in [0.3, 0.4) is 0 Å². The average molecular weight is 553 g/mol. The molecule has 0 saturated carbocycles. The number of nitrogens with zero attached hydrogens (tertiary/aromatic N) is 4. The van der Waals surface area contributed by atoms with E-state index in [2.05, 4.69) is 21.2 Å². The number of H-pyrrole nitrogens is 1. The van der Waals surface area contributed by atoms with Crippen molar-refractivity contribution in [2.75, 3.05) is 10.5 Å². The van der Waals surface area contributed by atoms with Gasteiger partial charge >= 0.3 is 0 Å². The van der Waals surface area contributed by atoms with Gasteiger partial charge in [-0.15, -0.1) is 0 Å². The van der Waals surface area contributed by atoms with E-state index in [0.717, 1.165) is 38.8 Å². The summed E-state index contributed by atoms with van der Waals surface area (Å²) in [5.74, 6) is -0.0668. The number of rotatable bonds is 7. The highest BCUT2D eigenvalue weighted by Crippen LogP contribution is 2.40. The number of hydrogen-bond donors (Lipinski definition) is 2. The van der Waals surface area contributed by atoms with Crippen molar-refractivity contribution >= 4 is 37.5 Å². The Morgan fingerprint density at radius 3 is 2.30 bits per heavy atom. The molecule has 0 spiro atoms. The minimum atomic E-state index is -3.58. The lowest BCUT2D eigenvalue weighted by Crippen LogP contribution is -2.34. The van der Waals surface area contributed by atoms with Gasteiger partial charge in [-0.2, -0.15) is 0 Å². The van der Waals surface area contributed by atoms with Crippen LogP contribution in [0, 0.1) is 0 Å². The van der Waals surface area contributed by atoms with Gasteiger partial charge in [0.2, 0.25) is 10.0 Å². The largest absolute Gasteiger partial charge is 0.345 e. The maximum absolute atomic E-state index is 12.8. The second-order valence-corrected chi connectivity index (χ2v) is 11.9. The lowest BCUT2D eigenvalue weighted by molar-refractivity contribution is 0.463.